The topological polar surface area (TPSA) is 24.5 Å². The molecule has 0 bridgehead atoms. The van der Waals surface area contributed by atoms with Crippen molar-refractivity contribution in [2.75, 3.05) is 33.9 Å². The summed E-state index contributed by atoms with van der Waals surface area (Å²) in [6.07, 6.45) is 0. The van der Waals surface area contributed by atoms with Gasteiger partial charge in [-0.2, -0.15) is 0 Å². The Bertz CT molecular complexity index is 346. The number of likely N-dealkylation sites (N-methyl/N-ethyl adjacent to an activating group) is 1. The van der Waals surface area contributed by atoms with Gasteiger partial charge in [-0.3, -0.25) is 4.90 Å². The van der Waals surface area contributed by atoms with E-state index in [0.29, 0.717) is 6.04 Å². The summed E-state index contributed by atoms with van der Waals surface area (Å²) in [5, 5.41) is 4.17. The lowest BCUT2D eigenvalue weighted by Crippen LogP contribution is -2.38. The molecule has 0 aliphatic carbocycles. The Labute approximate surface area is 115 Å². The number of hydrogen-bond donors (Lipinski definition) is 1. The highest BCUT2D eigenvalue weighted by atomic mass is 35.5. The minimum Gasteiger partial charge on any atom is -0.383 e. The van der Waals surface area contributed by atoms with Crippen LogP contribution in [0.4, 0.5) is 0 Å². The van der Waals surface area contributed by atoms with E-state index >= 15 is 0 Å². The van der Waals surface area contributed by atoms with Gasteiger partial charge >= 0.3 is 0 Å². The normalized spacial score (nSPS) is 12.9. The van der Waals surface area contributed by atoms with Crippen molar-refractivity contribution in [3.05, 3.63) is 34.9 Å². The van der Waals surface area contributed by atoms with Crippen LogP contribution in [0, 0.1) is 0 Å². The van der Waals surface area contributed by atoms with E-state index in [9.17, 15) is 0 Å². The van der Waals surface area contributed by atoms with Crippen LogP contribution in [0.15, 0.2) is 24.3 Å². The molecule has 4 heteroatoms. The third-order valence-corrected chi connectivity index (χ3v) is 3.23. The molecule has 0 aliphatic rings. The van der Waals surface area contributed by atoms with Crippen molar-refractivity contribution in [3.63, 3.8) is 0 Å². The Kier molecular flexibility index (Phi) is 7.28. The molecule has 3 nitrogen and oxygen atoms in total. The number of benzene rings is 1. The van der Waals surface area contributed by atoms with Gasteiger partial charge in [0.1, 0.15) is 0 Å². The van der Waals surface area contributed by atoms with Gasteiger partial charge in [0, 0.05) is 37.8 Å². The average molecular weight is 271 g/mol. The molecule has 1 rings (SSSR count). The number of methoxy groups -OCH3 is 1. The summed E-state index contributed by atoms with van der Waals surface area (Å²) >= 11 is 5.98. The molecule has 1 N–H and O–H groups in total. The first kappa shape index (κ1) is 15.4. The molecule has 0 saturated heterocycles. The Hall–Kier alpha value is -0.610. The highest BCUT2D eigenvalue weighted by molar-refractivity contribution is 6.30. The second-order valence-corrected chi connectivity index (χ2v) is 5.03. The van der Waals surface area contributed by atoms with E-state index in [1.165, 1.54) is 5.56 Å². The van der Waals surface area contributed by atoms with Gasteiger partial charge in [0.25, 0.3) is 0 Å². The lowest BCUT2D eigenvalue weighted by molar-refractivity contribution is 0.191. The minimum atomic E-state index is 0.473. The average Bonchev–Trinajstić information content (AvgIpc) is 2.34. The maximum Gasteiger partial charge on any atom is 0.0587 e. The smallest absolute Gasteiger partial charge is 0.0587 e. The number of nitrogens with zero attached hydrogens (tertiary/aromatic N) is 1. The highest BCUT2D eigenvalue weighted by Crippen LogP contribution is 2.12. The summed E-state index contributed by atoms with van der Waals surface area (Å²) in [4.78, 5) is 2.31. The maximum absolute atomic E-state index is 5.98. The lowest BCUT2D eigenvalue weighted by Gasteiger charge is -2.25. The van der Waals surface area contributed by atoms with Gasteiger partial charge in [-0.25, -0.2) is 0 Å². The van der Waals surface area contributed by atoms with Crippen LogP contribution in [-0.4, -0.2) is 44.8 Å². The van der Waals surface area contributed by atoms with Crippen molar-refractivity contribution >= 4 is 11.6 Å². The zero-order valence-corrected chi connectivity index (χ0v) is 12.2. The molecule has 0 fully saturated rings. The predicted octanol–water partition coefficient (Wildman–Crippen LogP) is 2.40. The van der Waals surface area contributed by atoms with E-state index in [-0.39, 0.29) is 0 Å². The van der Waals surface area contributed by atoms with Crippen molar-refractivity contribution in [1.82, 2.24) is 10.2 Å². The maximum atomic E-state index is 5.98. The minimum absolute atomic E-state index is 0.473. The predicted molar refractivity (Wildman–Crippen MR) is 77.1 cm³/mol. The van der Waals surface area contributed by atoms with Gasteiger partial charge in [0.2, 0.25) is 0 Å². The molecule has 0 aliphatic heterocycles. The molecular weight excluding hydrogens is 248 g/mol. The Morgan fingerprint density at radius 3 is 2.89 bits per heavy atom. The number of halogens is 1. The van der Waals surface area contributed by atoms with E-state index in [0.717, 1.165) is 31.3 Å². The van der Waals surface area contributed by atoms with Crippen LogP contribution in [0.5, 0.6) is 0 Å². The number of hydrogen-bond acceptors (Lipinski definition) is 3. The molecule has 0 amide bonds. The molecule has 18 heavy (non-hydrogen) atoms. The summed E-state index contributed by atoms with van der Waals surface area (Å²) < 4.78 is 5.00. The van der Waals surface area contributed by atoms with Crippen LogP contribution in [0.25, 0.3) is 0 Å². The molecule has 1 unspecified atom stereocenters. The summed E-state index contributed by atoms with van der Waals surface area (Å²) in [5.41, 5.74) is 1.24. The first-order valence-corrected chi connectivity index (χ1v) is 6.65. The molecule has 102 valence electrons. The number of nitrogens with one attached hydrogen (secondary N) is 1. The third kappa shape index (κ3) is 5.83. The quantitative estimate of drug-likeness (QED) is 0.734. The van der Waals surface area contributed by atoms with Crippen molar-refractivity contribution in [1.29, 1.82) is 0 Å². The first-order chi connectivity index (χ1) is 8.63. The monoisotopic (exact) mass is 270 g/mol. The van der Waals surface area contributed by atoms with Crippen LogP contribution in [0.2, 0.25) is 5.02 Å². The van der Waals surface area contributed by atoms with Gasteiger partial charge in [-0.1, -0.05) is 23.7 Å². The van der Waals surface area contributed by atoms with Crippen LogP contribution < -0.4 is 5.32 Å². The molecule has 1 aromatic carbocycles. The molecule has 0 radical (unpaired) electrons. The summed E-state index contributed by atoms with van der Waals surface area (Å²) in [6, 6.07) is 8.49. The van der Waals surface area contributed by atoms with Gasteiger partial charge in [-0.05, 0) is 31.7 Å². The Morgan fingerprint density at radius 2 is 2.22 bits per heavy atom. The fourth-order valence-corrected chi connectivity index (χ4v) is 1.93. The van der Waals surface area contributed by atoms with Crippen molar-refractivity contribution in [2.24, 2.45) is 0 Å². The molecular formula is C14H23ClN2O. The molecule has 1 atom stereocenters. The molecule has 0 spiro atoms. The standard InChI is InChI=1S/C14H23ClN2O/c1-12(10-16-7-8-18-3)17(2)11-13-5-4-6-14(15)9-13/h4-6,9,12,16H,7-8,10-11H2,1-3H3. The zero-order chi connectivity index (χ0) is 13.4. The summed E-state index contributed by atoms with van der Waals surface area (Å²) in [6.45, 7) is 5.73. The van der Waals surface area contributed by atoms with Gasteiger partial charge < -0.3 is 10.1 Å². The lowest BCUT2D eigenvalue weighted by atomic mass is 10.2. The fourth-order valence-electron chi connectivity index (χ4n) is 1.72. The number of ether oxygens (including phenoxy) is 1. The number of rotatable bonds is 8. The van der Waals surface area contributed by atoms with Gasteiger partial charge in [0.15, 0.2) is 0 Å². The third-order valence-electron chi connectivity index (χ3n) is 3.00. The summed E-state index contributed by atoms with van der Waals surface area (Å²) in [7, 11) is 3.85. The first-order valence-electron chi connectivity index (χ1n) is 6.28. The summed E-state index contributed by atoms with van der Waals surface area (Å²) in [5.74, 6) is 0. The van der Waals surface area contributed by atoms with Crippen molar-refractivity contribution < 1.29 is 4.74 Å². The van der Waals surface area contributed by atoms with Crippen LogP contribution in [0.3, 0.4) is 0 Å². The van der Waals surface area contributed by atoms with Crippen molar-refractivity contribution in [3.8, 4) is 0 Å². The largest absolute Gasteiger partial charge is 0.383 e. The highest BCUT2D eigenvalue weighted by Gasteiger charge is 2.09. The molecule has 0 aromatic heterocycles. The van der Waals surface area contributed by atoms with Gasteiger partial charge in [0.05, 0.1) is 6.61 Å². The fraction of sp³-hybridized carbons (Fsp3) is 0.571. The van der Waals surface area contributed by atoms with E-state index in [1.54, 1.807) is 7.11 Å². The van der Waals surface area contributed by atoms with E-state index in [1.807, 2.05) is 18.2 Å². The van der Waals surface area contributed by atoms with E-state index in [4.69, 9.17) is 16.3 Å². The Balaban J connectivity index is 2.33. The van der Waals surface area contributed by atoms with Crippen LogP contribution in [0.1, 0.15) is 12.5 Å². The van der Waals surface area contributed by atoms with Crippen LogP contribution >= 0.6 is 11.6 Å². The molecule has 1 aromatic rings. The van der Waals surface area contributed by atoms with Gasteiger partial charge in [-0.15, -0.1) is 0 Å². The molecule has 0 heterocycles. The zero-order valence-electron chi connectivity index (χ0n) is 11.4. The van der Waals surface area contributed by atoms with E-state index < -0.39 is 0 Å². The van der Waals surface area contributed by atoms with Crippen molar-refractivity contribution in [2.45, 2.75) is 19.5 Å². The second-order valence-electron chi connectivity index (χ2n) is 4.59. The molecule has 0 saturated carbocycles. The van der Waals surface area contributed by atoms with Crippen LogP contribution in [-0.2, 0) is 11.3 Å². The van der Waals surface area contributed by atoms with E-state index in [2.05, 4.69) is 30.3 Å². The SMILES string of the molecule is COCCNCC(C)N(C)Cc1cccc(Cl)c1. The second kappa shape index (κ2) is 8.48. The Morgan fingerprint density at radius 1 is 1.44 bits per heavy atom.